The molecule has 0 aromatic rings. The highest BCUT2D eigenvalue weighted by Crippen LogP contribution is 2.31. The molecule has 0 bridgehead atoms. The second-order valence-corrected chi connectivity index (χ2v) is 4.91. The van der Waals surface area contributed by atoms with Crippen molar-refractivity contribution in [1.82, 2.24) is 4.90 Å². The maximum Gasteiger partial charge on any atom is 0.309 e. The van der Waals surface area contributed by atoms with Crippen molar-refractivity contribution in [3.8, 4) is 0 Å². The third-order valence-corrected chi connectivity index (χ3v) is 3.68. The number of carboxylic acids is 1. The summed E-state index contributed by atoms with van der Waals surface area (Å²) < 4.78 is 0. The van der Waals surface area contributed by atoms with E-state index in [1.54, 1.807) is 0 Å². The van der Waals surface area contributed by atoms with Crippen LogP contribution in [0.15, 0.2) is 0 Å². The zero-order chi connectivity index (χ0) is 10.1. The Morgan fingerprint density at radius 2 is 2.07 bits per heavy atom. The van der Waals surface area contributed by atoms with Crippen molar-refractivity contribution in [2.45, 2.75) is 38.6 Å². The fraction of sp³-hybridized carbons (Fsp3) is 0.909. The van der Waals surface area contributed by atoms with E-state index in [9.17, 15) is 4.79 Å². The van der Waals surface area contributed by atoms with E-state index in [1.807, 2.05) is 0 Å². The molecule has 1 N–H and O–H groups in total. The third kappa shape index (κ3) is 1.92. The van der Waals surface area contributed by atoms with Crippen molar-refractivity contribution in [3.05, 3.63) is 0 Å². The Morgan fingerprint density at radius 3 is 2.64 bits per heavy atom. The fourth-order valence-corrected chi connectivity index (χ4v) is 2.70. The summed E-state index contributed by atoms with van der Waals surface area (Å²) in [5.41, 5.74) is 0. The number of hydrogen-bond acceptors (Lipinski definition) is 2. The number of carbonyl (C=O) groups is 1. The molecule has 1 saturated carbocycles. The van der Waals surface area contributed by atoms with Gasteiger partial charge in [0.2, 0.25) is 0 Å². The standard InChI is InChI=1S/C11H19NO2/c1-8-3-2-4-10(5-8)12-6-9(7-12)11(13)14/h8-10H,2-7H2,1H3,(H,13,14). The summed E-state index contributed by atoms with van der Waals surface area (Å²) >= 11 is 0. The average molecular weight is 197 g/mol. The molecule has 0 aromatic carbocycles. The molecule has 1 aliphatic carbocycles. The van der Waals surface area contributed by atoms with Crippen molar-refractivity contribution < 1.29 is 9.90 Å². The van der Waals surface area contributed by atoms with Crippen molar-refractivity contribution in [3.63, 3.8) is 0 Å². The van der Waals surface area contributed by atoms with Crippen LogP contribution in [0.5, 0.6) is 0 Å². The monoisotopic (exact) mass is 197 g/mol. The Bertz CT molecular complexity index is 223. The first-order valence-corrected chi connectivity index (χ1v) is 5.63. The van der Waals surface area contributed by atoms with Crippen LogP contribution in [0, 0.1) is 11.8 Å². The van der Waals surface area contributed by atoms with Crippen LogP contribution in [-0.4, -0.2) is 35.1 Å². The Kier molecular flexibility index (Phi) is 2.77. The minimum absolute atomic E-state index is 0.0905. The lowest BCUT2D eigenvalue weighted by Crippen LogP contribution is -2.55. The lowest BCUT2D eigenvalue weighted by molar-refractivity contribution is -0.149. The van der Waals surface area contributed by atoms with Gasteiger partial charge < -0.3 is 5.11 Å². The van der Waals surface area contributed by atoms with Crippen LogP contribution in [-0.2, 0) is 4.79 Å². The minimum Gasteiger partial charge on any atom is -0.481 e. The molecule has 1 saturated heterocycles. The molecule has 80 valence electrons. The molecule has 3 nitrogen and oxygen atoms in total. The Hall–Kier alpha value is -0.570. The predicted octanol–water partition coefficient (Wildman–Crippen LogP) is 1.58. The summed E-state index contributed by atoms with van der Waals surface area (Å²) in [6.07, 6.45) is 5.22. The van der Waals surface area contributed by atoms with E-state index >= 15 is 0 Å². The fourth-order valence-electron chi connectivity index (χ4n) is 2.70. The topological polar surface area (TPSA) is 40.5 Å². The van der Waals surface area contributed by atoms with Crippen LogP contribution < -0.4 is 0 Å². The van der Waals surface area contributed by atoms with Crippen LogP contribution in [0.3, 0.4) is 0 Å². The van der Waals surface area contributed by atoms with E-state index in [1.165, 1.54) is 25.7 Å². The molecular weight excluding hydrogens is 178 g/mol. The van der Waals surface area contributed by atoms with Gasteiger partial charge in [-0.2, -0.15) is 0 Å². The molecule has 2 atom stereocenters. The summed E-state index contributed by atoms with van der Waals surface area (Å²) in [6, 6.07) is 0.675. The molecule has 0 radical (unpaired) electrons. The maximum absolute atomic E-state index is 10.6. The van der Waals surface area contributed by atoms with E-state index < -0.39 is 5.97 Å². The molecule has 3 heteroatoms. The van der Waals surface area contributed by atoms with Gasteiger partial charge in [-0.15, -0.1) is 0 Å². The first kappa shape index (κ1) is 9.97. The number of hydrogen-bond donors (Lipinski definition) is 1. The smallest absolute Gasteiger partial charge is 0.309 e. The highest BCUT2D eigenvalue weighted by Gasteiger charge is 2.37. The molecule has 2 rings (SSSR count). The second kappa shape index (κ2) is 3.89. The molecule has 14 heavy (non-hydrogen) atoms. The molecule has 2 unspecified atom stereocenters. The minimum atomic E-state index is -0.620. The summed E-state index contributed by atoms with van der Waals surface area (Å²) in [5.74, 6) is 0.120. The van der Waals surface area contributed by atoms with Gasteiger partial charge in [0.25, 0.3) is 0 Å². The lowest BCUT2D eigenvalue weighted by Gasteiger charge is -2.45. The second-order valence-electron chi connectivity index (χ2n) is 4.91. The molecule has 0 aromatic heterocycles. The van der Waals surface area contributed by atoms with Crippen molar-refractivity contribution in [1.29, 1.82) is 0 Å². The Morgan fingerprint density at radius 1 is 1.36 bits per heavy atom. The van der Waals surface area contributed by atoms with Crippen LogP contribution in [0.2, 0.25) is 0 Å². The van der Waals surface area contributed by atoms with E-state index in [0.717, 1.165) is 19.0 Å². The molecule has 0 spiro atoms. The van der Waals surface area contributed by atoms with E-state index in [4.69, 9.17) is 5.11 Å². The Balaban J connectivity index is 1.78. The highest BCUT2D eigenvalue weighted by atomic mass is 16.4. The first-order valence-electron chi connectivity index (χ1n) is 5.63. The van der Waals surface area contributed by atoms with Crippen molar-refractivity contribution in [2.24, 2.45) is 11.8 Å². The first-order chi connectivity index (χ1) is 6.66. The quantitative estimate of drug-likeness (QED) is 0.730. The summed E-state index contributed by atoms with van der Waals surface area (Å²) in [7, 11) is 0. The van der Waals surface area contributed by atoms with Gasteiger partial charge in [-0.05, 0) is 18.8 Å². The summed E-state index contributed by atoms with van der Waals surface area (Å²) in [6.45, 7) is 3.88. The van der Waals surface area contributed by atoms with Gasteiger partial charge in [0.15, 0.2) is 0 Å². The van der Waals surface area contributed by atoms with Gasteiger partial charge in [-0.1, -0.05) is 19.8 Å². The van der Waals surface area contributed by atoms with Gasteiger partial charge in [0, 0.05) is 19.1 Å². The zero-order valence-corrected chi connectivity index (χ0v) is 8.78. The third-order valence-electron chi connectivity index (χ3n) is 3.68. The molecule has 1 heterocycles. The zero-order valence-electron chi connectivity index (χ0n) is 8.78. The van der Waals surface area contributed by atoms with Crippen LogP contribution in [0.4, 0.5) is 0 Å². The van der Waals surface area contributed by atoms with Crippen LogP contribution in [0.25, 0.3) is 0 Å². The number of likely N-dealkylation sites (tertiary alicyclic amines) is 1. The van der Waals surface area contributed by atoms with Crippen LogP contribution >= 0.6 is 0 Å². The molecule has 2 aliphatic rings. The number of carboxylic acid groups (broad SMARTS) is 1. The summed E-state index contributed by atoms with van der Waals surface area (Å²) in [4.78, 5) is 13.0. The number of aliphatic carboxylic acids is 1. The molecular formula is C11H19NO2. The maximum atomic E-state index is 10.6. The van der Waals surface area contributed by atoms with Crippen molar-refractivity contribution >= 4 is 5.97 Å². The van der Waals surface area contributed by atoms with Crippen LogP contribution in [0.1, 0.15) is 32.6 Å². The van der Waals surface area contributed by atoms with Gasteiger partial charge in [-0.25, -0.2) is 0 Å². The van der Waals surface area contributed by atoms with Gasteiger partial charge in [-0.3, -0.25) is 9.69 Å². The van der Waals surface area contributed by atoms with Crippen molar-refractivity contribution in [2.75, 3.05) is 13.1 Å². The van der Waals surface area contributed by atoms with Gasteiger partial charge in [0.05, 0.1) is 5.92 Å². The summed E-state index contributed by atoms with van der Waals surface area (Å²) in [5, 5.41) is 8.77. The predicted molar refractivity (Wildman–Crippen MR) is 54.1 cm³/mol. The average Bonchev–Trinajstić information content (AvgIpc) is 2.00. The molecule has 1 aliphatic heterocycles. The normalized spacial score (nSPS) is 35.2. The van der Waals surface area contributed by atoms with E-state index in [0.29, 0.717) is 6.04 Å². The number of rotatable bonds is 2. The van der Waals surface area contributed by atoms with Gasteiger partial charge in [0.1, 0.15) is 0 Å². The lowest BCUT2D eigenvalue weighted by atomic mass is 9.83. The number of nitrogens with zero attached hydrogens (tertiary/aromatic N) is 1. The molecule has 0 amide bonds. The highest BCUT2D eigenvalue weighted by molar-refractivity contribution is 5.71. The Labute approximate surface area is 85.1 Å². The SMILES string of the molecule is CC1CCCC(N2CC(C(=O)O)C2)C1. The molecule has 2 fully saturated rings. The van der Waals surface area contributed by atoms with E-state index in [2.05, 4.69) is 11.8 Å². The largest absolute Gasteiger partial charge is 0.481 e. The van der Waals surface area contributed by atoms with Gasteiger partial charge >= 0.3 is 5.97 Å². The van der Waals surface area contributed by atoms with E-state index in [-0.39, 0.29) is 5.92 Å².